The van der Waals surface area contributed by atoms with Gasteiger partial charge in [-0.05, 0) is 126 Å². The Morgan fingerprint density at radius 2 is 1.64 bits per heavy atom. The van der Waals surface area contributed by atoms with E-state index in [9.17, 15) is 39.9 Å². The molecule has 5 heterocycles. The molecule has 3 saturated heterocycles. The summed E-state index contributed by atoms with van der Waals surface area (Å²) in [7, 11) is 7.18. The number of methoxy groups -OCH3 is 1. The van der Waals surface area contributed by atoms with Crippen molar-refractivity contribution in [1.29, 1.82) is 0 Å². The molecule has 2 aromatic rings. The van der Waals surface area contributed by atoms with Gasteiger partial charge in [-0.15, -0.1) is 0 Å². The molecule has 436 valence electrons. The van der Waals surface area contributed by atoms with Crippen LogP contribution in [0.15, 0.2) is 29.2 Å². The van der Waals surface area contributed by atoms with Gasteiger partial charge >= 0.3 is 11.9 Å². The Balaban J connectivity index is 1.21. The zero-order valence-electron chi connectivity index (χ0n) is 48.4. The Hall–Kier alpha value is -3.61. The topological polar surface area (TPSA) is 247 Å². The third kappa shape index (κ3) is 13.8. The smallest absolute Gasteiger partial charge is 0.341 e. The number of aromatic carboxylic acids is 1. The van der Waals surface area contributed by atoms with Crippen LogP contribution in [-0.4, -0.2) is 203 Å². The summed E-state index contributed by atoms with van der Waals surface area (Å²) in [4.78, 5) is 43.8. The molecule has 18 atom stereocenters. The molecule has 77 heavy (non-hydrogen) atoms. The fourth-order valence-electron chi connectivity index (χ4n) is 12.2. The van der Waals surface area contributed by atoms with Gasteiger partial charge < -0.3 is 82.5 Å². The summed E-state index contributed by atoms with van der Waals surface area (Å²) < 4.78 is 59.2. The molecular weight excluding hydrogens is 999 g/mol. The molecule has 0 amide bonds. The third-order valence-corrected chi connectivity index (χ3v) is 16.8. The summed E-state index contributed by atoms with van der Waals surface area (Å²) in [6.45, 7) is 23.0. The second-order valence-electron chi connectivity index (χ2n) is 24.1. The fraction of sp³-hybridized carbons (Fsp3) is 0.772. The van der Waals surface area contributed by atoms with Crippen LogP contribution in [0.3, 0.4) is 0 Å². The number of ether oxygens (including phenoxy) is 9. The second kappa shape index (κ2) is 25.0. The molecule has 3 fully saturated rings. The number of nitrogens with zero attached hydrogens (tertiary/aromatic N) is 3. The number of carboxylic acid groups (broad SMARTS) is 1. The van der Waals surface area contributed by atoms with Crippen LogP contribution in [0.4, 0.5) is 0 Å². The number of aliphatic hydroxyl groups excluding tert-OH is 2. The molecule has 20 nitrogen and oxygen atoms in total. The lowest BCUT2D eigenvalue weighted by molar-refractivity contribution is -0.321. The first kappa shape index (κ1) is 62.6. The molecule has 5 N–H and O–H groups in total. The van der Waals surface area contributed by atoms with Crippen molar-refractivity contribution in [2.75, 3.05) is 61.2 Å². The van der Waals surface area contributed by atoms with E-state index in [0.717, 1.165) is 0 Å². The molecule has 0 saturated carbocycles. The van der Waals surface area contributed by atoms with Gasteiger partial charge in [0, 0.05) is 44.3 Å². The van der Waals surface area contributed by atoms with E-state index in [2.05, 4.69) is 0 Å². The van der Waals surface area contributed by atoms with E-state index in [-0.39, 0.29) is 68.1 Å². The van der Waals surface area contributed by atoms with Crippen LogP contribution in [0, 0.1) is 17.8 Å². The number of aromatic nitrogens is 1. The highest BCUT2D eigenvalue weighted by atomic mass is 16.7. The minimum atomic E-state index is -1.85. The van der Waals surface area contributed by atoms with Gasteiger partial charge in [0.25, 0.3) is 0 Å². The Labute approximate surface area is 454 Å². The number of rotatable bonds is 15. The maximum atomic E-state index is 14.6. The summed E-state index contributed by atoms with van der Waals surface area (Å²) in [6.07, 6.45) is -3.30. The van der Waals surface area contributed by atoms with Crippen molar-refractivity contribution >= 4 is 28.9 Å². The highest BCUT2D eigenvalue weighted by Gasteiger charge is 2.53. The minimum Gasteiger partial charge on any atom is -0.489 e. The van der Waals surface area contributed by atoms with Crippen molar-refractivity contribution in [2.45, 2.75) is 205 Å². The van der Waals surface area contributed by atoms with E-state index >= 15 is 0 Å². The number of esters is 1. The van der Waals surface area contributed by atoms with Crippen LogP contribution in [0.5, 0.6) is 5.75 Å². The van der Waals surface area contributed by atoms with E-state index in [1.807, 2.05) is 85.5 Å². The number of cyclic esters (lactones) is 1. The van der Waals surface area contributed by atoms with Crippen molar-refractivity contribution in [3.63, 3.8) is 0 Å². The van der Waals surface area contributed by atoms with Crippen molar-refractivity contribution in [3.05, 3.63) is 45.8 Å². The van der Waals surface area contributed by atoms with Crippen LogP contribution >= 0.6 is 0 Å². The molecule has 0 aliphatic carbocycles. The number of benzene rings is 1. The molecule has 1 aromatic carbocycles. The lowest BCUT2D eigenvalue weighted by Gasteiger charge is -2.49. The SMILES string of the molecule is CC[C@H]1OC(=O)[C@H](C)[C@@H](O[C@H]2C[C@@](C)(OC)[C@@H](OCCOC/C=C/c3cc4c5c(c3)c(=O)c(C(=O)O)cn5C(C)(C)CO4)[C@H](C)O2)[C@H](C)[C@@H](O[C@@H]2O[C@H](C)C[C@H](N(C)C)[C@H]2O)[C@](C)(O)C[C@@H](C)CN(C)[C@H](C)[C@@H](O)[C@]1(C)O. The average molecular weight is 1090 g/mol. The van der Waals surface area contributed by atoms with Gasteiger partial charge in [-0.1, -0.05) is 32.9 Å². The van der Waals surface area contributed by atoms with Crippen molar-refractivity contribution < 1.29 is 77.8 Å². The zero-order valence-corrected chi connectivity index (χ0v) is 48.4. The Morgan fingerprint density at radius 1 is 0.948 bits per heavy atom. The number of carbonyl (C=O) groups is 2. The number of likely N-dealkylation sites (N-methyl/N-ethyl adjacent to an activating group) is 2. The Kier molecular flexibility index (Phi) is 20.4. The van der Waals surface area contributed by atoms with Crippen LogP contribution < -0.4 is 10.2 Å². The van der Waals surface area contributed by atoms with E-state index in [1.165, 1.54) is 13.1 Å². The van der Waals surface area contributed by atoms with E-state index < -0.39 is 113 Å². The zero-order chi connectivity index (χ0) is 57.3. The van der Waals surface area contributed by atoms with Crippen molar-refractivity contribution in [2.24, 2.45) is 17.8 Å². The summed E-state index contributed by atoms with van der Waals surface area (Å²) in [5.41, 5.74) is -4.72. The van der Waals surface area contributed by atoms with Crippen LogP contribution in [-0.2, 0) is 48.2 Å². The fourth-order valence-corrected chi connectivity index (χ4v) is 12.2. The number of pyridine rings is 1. The lowest BCUT2D eigenvalue weighted by atomic mass is 9.77. The number of hydrogen-bond acceptors (Lipinski definition) is 18. The molecule has 20 heteroatoms. The lowest BCUT2D eigenvalue weighted by Crippen LogP contribution is -2.61. The maximum absolute atomic E-state index is 14.6. The second-order valence-corrected chi connectivity index (χ2v) is 24.1. The van der Waals surface area contributed by atoms with E-state index in [1.54, 1.807) is 57.6 Å². The first-order chi connectivity index (χ1) is 35.9. The largest absolute Gasteiger partial charge is 0.489 e. The van der Waals surface area contributed by atoms with Crippen molar-refractivity contribution in [3.8, 4) is 5.75 Å². The minimum absolute atomic E-state index is 0.148. The van der Waals surface area contributed by atoms with Gasteiger partial charge in [0.2, 0.25) is 5.43 Å². The maximum Gasteiger partial charge on any atom is 0.341 e. The van der Waals surface area contributed by atoms with Gasteiger partial charge in [-0.3, -0.25) is 9.59 Å². The molecule has 4 aliphatic heterocycles. The van der Waals surface area contributed by atoms with E-state index in [4.69, 9.17) is 42.6 Å². The van der Waals surface area contributed by atoms with Gasteiger partial charge in [0.15, 0.2) is 12.6 Å². The predicted octanol–water partition coefficient (Wildman–Crippen LogP) is 4.80. The summed E-state index contributed by atoms with van der Waals surface area (Å²) >= 11 is 0. The summed E-state index contributed by atoms with van der Waals surface area (Å²) in [6, 6.07) is 2.58. The Bertz CT molecular complexity index is 2430. The molecule has 0 bridgehead atoms. The number of hydrogen-bond donors (Lipinski definition) is 5. The van der Waals surface area contributed by atoms with Crippen LogP contribution in [0.2, 0.25) is 0 Å². The average Bonchev–Trinajstić information content (AvgIpc) is 3.35. The Morgan fingerprint density at radius 3 is 2.27 bits per heavy atom. The number of carboxylic acids is 1. The summed E-state index contributed by atoms with van der Waals surface area (Å²) in [5.74, 6) is -3.57. The van der Waals surface area contributed by atoms with Gasteiger partial charge in [0.1, 0.15) is 47.9 Å². The highest BCUT2D eigenvalue weighted by Crippen LogP contribution is 2.42. The van der Waals surface area contributed by atoms with Gasteiger partial charge in [0.05, 0.1) is 77.8 Å². The molecular formula is C57H91N3O17. The monoisotopic (exact) mass is 1090 g/mol. The summed E-state index contributed by atoms with van der Waals surface area (Å²) in [5, 5.41) is 58.2. The number of carbonyl (C=O) groups excluding carboxylic acids is 1. The molecule has 6 rings (SSSR count). The van der Waals surface area contributed by atoms with E-state index in [0.29, 0.717) is 36.4 Å². The molecule has 0 radical (unpaired) electrons. The molecule has 1 aromatic heterocycles. The molecule has 0 spiro atoms. The van der Waals surface area contributed by atoms with Crippen LogP contribution in [0.25, 0.3) is 17.0 Å². The predicted molar refractivity (Wildman–Crippen MR) is 288 cm³/mol. The highest BCUT2D eigenvalue weighted by molar-refractivity contribution is 5.95. The standard InChI is InChI=1S/C57H91N3O17/c1-17-42-57(12,68)48(63)35(6)59(15)28-31(2)26-55(10,67)49(77-53-46(62)40(58(13)14)23-32(3)73-53)33(4)47(34(5)52(66)75-42)76-43-27-56(11,69-16)50(36(7)74-43)71-22-21-70-20-18-19-37-24-38-44-41(25-37)72-30-54(8,9)60(44)29-39(45(38)61)51(64)65/h18-19,24-25,29,31-36,40,42-43,46-50,53,62-63,67-68H,17,20-23,26-28,30H2,1-16H3,(H,64,65)/b19-18+/t31-,32-,33+,34-,35-,36+,40+,42-,43+,46-,47+,48-,49-,50+,53+,55-,56-,57-/m1/s1. The van der Waals surface area contributed by atoms with Crippen molar-refractivity contribution in [1.82, 2.24) is 14.4 Å². The molecule has 0 unspecified atom stereocenters. The first-order valence-corrected chi connectivity index (χ1v) is 27.4. The van der Waals surface area contributed by atoms with Crippen LogP contribution in [0.1, 0.15) is 125 Å². The van der Waals surface area contributed by atoms with Gasteiger partial charge in [-0.25, -0.2) is 4.79 Å². The molecule has 4 aliphatic rings. The first-order valence-electron chi connectivity index (χ1n) is 27.4. The third-order valence-electron chi connectivity index (χ3n) is 16.8. The normalized spacial score (nSPS) is 38.8. The quantitative estimate of drug-likeness (QED) is 0.119. The van der Waals surface area contributed by atoms with Gasteiger partial charge in [-0.2, -0.15) is 0 Å². The number of aliphatic hydroxyl groups is 4.